The molecule has 0 saturated heterocycles. The topological polar surface area (TPSA) is 63.2 Å². The van der Waals surface area contributed by atoms with Crippen LogP contribution in [-0.4, -0.2) is 24.4 Å². The van der Waals surface area contributed by atoms with Gasteiger partial charge in [0.25, 0.3) is 0 Å². The lowest BCUT2D eigenvalue weighted by atomic mass is 9.49. The summed E-state index contributed by atoms with van der Waals surface area (Å²) >= 11 is 3.84. The highest BCUT2D eigenvalue weighted by molar-refractivity contribution is 9.10. The molecule has 142 valence electrons. The summed E-state index contributed by atoms with van der Waals surface area (Å²) in [7, 11) is -4.78. The lowest BCUT2D eigenvalue weighted by Crippen LogP contribution is -2.57. The fourth-order valence-electron chi connectivity index (χ4n) is 5.59. The minimum atomic E-state index is -4.78. The Morgan fingerprint density at radius 3 is 2.35 bits per heavy atom. The molecule has 26 heavy (non-hydrogen) atoms. The molecule has 1 amide bonds. The van der Waals surface area contributed by atoms with Gasteiger partial charge < -0.3 is 5.32 Å². The Morgan fingerprint density at radius 2 is 1.77 bits per heavy atom. The van der Waals surface area contributed by atoms with Crippen LogP contribution in [0, 0.1) is 17.3 Å². The van der Waals surface area contributed by atoms with Gasteiger partial charge >= 0.3 is 5.76 Å². The Kier molecular flexibility index (Phi) is 4.23. The zero-order valence-corrected chi connectivity index (χ0v) is 16.5. The number of anilines is 1. The molecule has 1 N–H and O–H groups in total. The van der Waals surface area contributed by atoms with Crippen molar-refractivity contribution in [2.45, 2.75) is 53.5 Å². The van der Waals surface area contributed by atoms with E-state index in [2.05, 4.69) is 21.2 Å². The van der Waals surface area contributed by atoms with Gasteiger partial charge in [0, 0.05) is 4.32 Å². The fourth-order valence-corrected chi connectivity index (χ4v) is 7.92. The maximum atomic E-state index is 13.1. The molecular weight excluding hydrogens is 428 g/mol. The van der Waals surface area contributed by atoms with Crippen LogP contribution in [-0.2, 0) is 14.6 Å². The van der Waals surface area contributed by atoms with Gasteiger partial charge in [-0.1, -0.05) is 28.1 Å². The quantitative estimate of drug-likeness (QED) is 0.697. The molecule has 4 fully saturated rings. The third-order valence-electron chi connectivity index (χ3n) is 6.15. The van der Waals surface area contributed by atoms with Crippen molar-refractivity contribution < 1.29 is 22.0 Å². The fraction of sp³-hybridized carbons (Fsp3) is 0.611. The second-order valence-electron chi connectivity index (χ2n) is 8.15. The van der Waals surface area contributed by atoms with Crippen molar-refractivity contribution in [3.63, 3.8) is 0 Å². The van der Waals surface area contributed by atoms with Gasteiger partial charge in [-0.2, -0.15) is 8.78 Å². The maximum absolute atomic E-state index is 13.1. The van der Waals surface area contributed by atoms with Crippen LogP contribution in [0.1, 0.15) is 38.5 Å². The predicted molar refractivity (Wildman–Crippen MR) is 97.0 cm³/mol. The predicted octanol–water partition coefficient (Wildman–Crippen LogP) is 4.36. The number of para-hydroxylation sites is 1. The molecule has 0 heterocycles. The van der Waals surface area contributed by atoms with Crippen molar-refractivity contribution in [3.8, 4) is 0 Å². The molecule has 8 heteroatoms. The van der Waals surface area contributed by atoms with Gasteiger partial charge in [0.15, 0.2) is 0 Å². The number of alkyl halides is 3. The first-order valence-electron chi connectivity index (χ1n) is 8.75. The highest BCUT2D eigenvalue weighted by atomic mass is 79.9. The van der Waals surface area contributed by atoms with Crippen LogP contribution in [0.25, 0.3) is 0 Å². The maximum Gasteiger partial charge on any atom is 0.341 e. The van der Waals surface area contributed by atoms with Gasteiger partial charge in [0.2, 0.25) is 15.7 Å². The van der Waals surface area contributed by atoms with E-state index < -0.39 is 25.9 Å². The van der Waals surface area contributed by atoms with E-state index in [9.17, 15) is 22.0 Å². The first-order chi connectivity index (χ1) is 12.1. The largest absolute Gasteiger partial charge is 0.341 e. The first kappa shape index (κ1) is 18.3. The number of carbonyl (C=O) groups is 1. The zero-order chi connectivity index (χ0) is 18.7. The van der Waals surface area contributed by atoms with E-state index in [1.165, 1.54) is 18.2 Å². The summed E-state index contributed by atoms with van der Waals surface area (Å²) in [6, 6.07) is 5.40. The van der Waals surface area contributed by atoms with Gasteiger partial charge in [-0.05, 0) is 62.5 Å². The van der Waals surface area contributed by atoms with Crippen molar-refractivity contribution in [1.82, 2.24) is 0 Å². The summed E-state index contributed by atoms with van der Waals surface area (Å²) < 4.78 is 49.8. The second-order valence-corrected chi connectivity index (χ2v) is 11.7. The Morgan fingerprint density at radius 1 is 1.15 bits per heavy atom. The van der Waals surface area contributed by atoms with Gasteiger partial charge in [0.1, 0.15) is 0 Å². The van der Waals surface area contributed by atoms with Crippen molar-refractivity contribution in [2.75, 3.05) is 5.32 Å². The van der Waals surface area contributed by atoms with Crippen LogP contribution in [0.2, 0.25) is 0 Å². The van der Waals surface area contributed by atoms with Crippen LogP contribution in [0.3, 0.4) is 0 Å². The highest BCUT2D eigenvalue weighted by Crippen LogP contribution is 2.64. The summed E-state index contributed by atoms with van der Waals surface area (Å²) in [6.45, 7) is 0. The second kappa shape index (κ2) is 5.99. The van der Waals surface area contributed by atoms with Crippen LogP contribution in [0.5, 0.6) is 0 Å². The third kappa shape index (κ3) is 2.89. The summed E-state index contributed by atoms with van der Waals surface area (Å²) in [6.07, 6.45) is 5.55. The number of rotatable bonds is 4. The lowest BCUT2D eigenvalue weighted by molar-refractivity contribution is -0.138. The van der Waals surface area contributed by atoms with Crippen molar-refractivity contribution >= 4 is 37.4 Å². The van der Waals surface area contributed by atoms with Crippen LogP contribution in [0.4, 0.5) is 14.5 Å². The molecule has 2 unspecified atom stereocenters. The van der Waals surface area contributed by atoms with Crippen molar-refractivity contribution in [1.29, 1.82) is 0 Å². The summed E-state index contributed by atoms with van der Waals surface area (Å²) in [5, 5.41) is 2.67. The molecule has 5 rings (SSSR count). The Bertz CT molecular complexity index is 844. The SMILES string of the molecule is O=C(Nc1ccccc1S(=O)(=O)C(F)F)C12CC3CC(CC(Br)(C3)C1)C2. The number of nitrogens with one attached hydrogen (secondary N) is 1. The smallest absolute Gasteiger partial charge is 0.324 e. The number of hydrogen-bond acceptors (Lipinski definition) is 3. The van der Waals surface area contributed by atoms with E-state index >= 15 is 0 Å². The van der Waals surface area contributed by atoms with E-state index in [-0.39, 0.29) is 15.9 Å². The third-order valence-corrected chi connectivity index (χ3v) is 8.51. The molecule has 4 saturated carbocycles. The van der Waals surface area contributed by atoms with Crippen molar-refractivity contribution in [2.24, 2.45) is 17.3 Å². The number of benzene rings is 1. The molecule has 4 aliphatic carbocycles. The summed E-state index contributed by atoms with van der Waals surface area (Å²) in [4.78, 5) is 12.6. The highest BCUT2D eigenvalue weighted by Gasteiger charge is 2.59. The van der Waals surface area contributed by atoms with Crippen LogP contribution < -0.4 is 5.32 Å². The van der Waals surface area contributed by atoms with Gasteiger partial charge in [-0.25, -0.2) is 8.42 Å². The molecule has 0 spiro atoms. The standard InChI is InChI=1S/C18H20BrF2NO3S/c19-18-8-11-5-12(9-18)7-17(6-11,10-18)15(23)22-13-3-1-2-4-14(13)26(24,25)16(20)21/h1-4,11-12,16H,5-10H2,(H,22,23). The minimum absolute atomic E-state index is 0.0248. The number of hydrogen-bond donors (Lipinski definition) is 1. The molecule has 0 aromatic heterocycles. The van der Waals surface area contributed by atoms with E-state index in [1.807, 2.05) is 0 Å². The number of carbonyl (C=O) groups excluding carboxylic acids is 1. The molecule has 0 radical (unpaired) electrons. The molecule has 0 aliphatic heterocycles. The minimum Gasteiger partial charge on any atom is -0.324 e. The Balaban J connectivity index is 1.64. The molecule has 4 bridgehead atoms. The average Bonchev–Trinajstić information content (AvgIpc) is 2.52. The zero-order valence-electron chi connectivity index (χ0n) is 14.1. The molecule has 4 nitrogen and oxygen atoms in total. The molecule has 1 aromatic carbocycles. The molecule has 4 aliphatic rings. The van der Waals surface area contributed by atoms with E-state index in [0.29, 0.717) is 18.3 Å². The normalized spacial score (nSPS) is 35.7. The van der Waals surface area contributed by atoms with Crippen LogP contribution in [0.15, 0.2) is 29.2 Å². The molecule has 2 atom stereocenters. The summed E-state index contributed by atoms with van der Waals surface area (Å²) in [5.41, 5.74) is -0.605. The average molecular weight is 448 g/mol. The number of halogens is 3. The number of sulfone groups is 1. The van der Waals surface area contributed by atoms with Gasteiger partial charge in [-0.3, -0.25) is 4.79 Å². The Hall–Kier alpha value is -1.02. The van der Waals surface area contributed by atoms with Crippen LogP contribution >= 0.6 is 15.9 Å². The molecular formula is C18H20BrF2NO3S. The van der Waals surface area contributed by atoms with Crippen molar-refractivity contribution in [3.05, 3.63) is 24.3 Å². The lowest BCUT2D eigenvalue weighted by Gasteiger charge is -2.59. The Labute approximate surface area is 159 Å². The van der Waals surface area contributed by atoms with E-state index in [1.54, 1.807) is 0 Å². The summed E-state index contributed by atoms with van der Waals surface area (Å²) in [5.74, 6) is -2.79. The number of amides is 1. The molecule has 1 aromatic rings. The monoisotopic (exact) mass is 447 g/mol. The van der Waals surface area contributed by atoms with E-state index in [0.717, 1.165) is 38.2 Å². The first-order valence-corrected chi connectivity index (χ1v) is 11.1. The van der Waals surface area contributed by atoms with Gasteiger partial charge in [-0.15, -0.1) is 0 Å². The van der Waals surface area contributed by atoms with E-state index in [4.69, 9.17) is 0 Å². The van der Waals surface area contributed by atoms with Gasteiger partial charge in [0.05, 0.1) is 16.0 Å².